The van der Waals surface area contributed by atoms with Gasteiger partial charge >= 0.3 is 5.97 Å². The molecule has 0 radical (unpaired) electrons. The average molecular weight is 452 g/mol. The lowest BCUT2D eigenvalue weighted by Gasteiger charge is -2.22. The Bertz CT molecular complexity index is 1180. The summed E-state index contributed by atoms with van der Waals surface area (Å²) in [6.07, 6.45) is 0. The maximum Gasteiger partial charge on any atom is 0.341 e. The zero-order chi connectivity index (χ0) is 20.9. The third-order valence-electron chi connectivity index (χ3n) is 4.74. The number of amidine groups is 1. The maximum absolute atomic E-state index is 12.8. The molecule has 8 nitrogen and oxygen atoms in total. The molecule has 1 aromatic carbocycles. The van der Waals surface area contributed by atoms with Crippen molar-refractivity contribution in [3.63, 3.8) is 0 Å². The highest BCUT2D eigenvalue weighted by atomic mass is 32.2. The summed E-state index contributed by atoms with van der Waals surface area (Å²) in [5, 5.41) is 3.65. The van der Waals surface area contributed by atoms with E-state index in [0.29, 0.717) is 27.8 Å². The number of benzene rings is 1. The van der Waals surface area contributed by atoms with E-state index >= 15 is 0 Å². The number of ether oxygens (including phenoxy) is 1. The normalized spacial score (nSPS) is 16.7. The van der Waals surface area contributed by atoms with E-state index in [2.05, 4.69) is 9.71 Å². The molecule has 3 heterocycles. The van der Waals surface area contributed by atoms with Gasteiger partial charge in [0.05, 0.1) is 24.1 Å². The Morgan fingerprint density at radius 3 is 2.76 bits per heavy atom. The first-order valence-electron chi connectivity index (χ1n) is 8.62. The van der Waals surface area contributed by atoms with Crippen molar-refractivity contribution in [2.45, 2.75) is 18.7 Å². The fraction of sp³-hybridized carbons (Fsp3) is 0.278. The second-order valence-corrected chi connectivity index (χ2v) is 10.5. The van der Waals surface area contributed by atoms with Crippen LogP contribution in [0.5, 0.6) is 0 Å². The van der Waals surface area contributed by atoms with Crippen LogP contribution >= 0.6 is 23.1 Å². The van der Waals surface area contributed by atoms with Gasteiger partial charge in [-0.25, -0.2) is 13.2 Å². The summed E-state index contributed by atoms with van der Waals surface area (Å²) in [4.78, 5) is 28.4. The molecule has 1 amide bonds. The standard InChI is InChI=1S/C18H17N3O5S3/c1-9-10(2)27-16(14(9)17(23)26-3)19-15(22)11-4-5-12-13(8-11)28-18-20-29(24,25)7-6-21(12)18/h4-5,8H,6-7H2,1-3H3,(H,19,22). The molecule has 2 aliphatic heterocycles. The molecule has 0 aliphatic carbocycles. The number of hydrogen-bond donors (Lipinski definition) is 1. The Kier molecular flexibility index (Phi) is 4.91. The number of aryl methyl sites for hydroxylation is 1. The van der Waals surface area contributed by atoms with E-state index in [9.17, 15) is 18.0 Å². The molecule has 0 fully saturated rings. The lowest BCUT2D eigenvalue weighted by Crippen LogP contribution is -2.35. The molecular formula is C18H17N3O5S3. The molecule has 0 spiro atoms. The summed E-state index contributed by atoms with van der Waals surface area (Å²) in [5.74, 6) is -0.895. The number of carbonyl (C=O) groups excluding carboxylic acids is 2. The van der Waals surface area contributed by atoms with Crippen LogP contribution in [0.3, 0.4) is 0 Å². The number of fused-ring (bicyclic) bond motifs is 3. The minimum absolute atomic E-state index is 0.0356. The molecule has 11 heteroatoms. The fourth-order valence-corrected chi connectivity index (χ4v) is 6.45. The summed E-state index contributed by atoms with van der Waals surface area (Å²) in [6, 6.07) is 5.16. The van der Waals surface area contributed by atoms with Crippen molar-refractivity contribution in [2.24, 2.45) is 4.40 Å². The van der Waals surface area contributed by atoms with Gasteiger partial charge in [0, 0.05) is 21.9 Å². The topological polar surface area (TPSA) is 105 Å². The molecule has 0 atom stereocenters. The summed E-state index contributed by atoms with van der Waals surface area (Å²) >= 11 is 2.54. The maximum atomic E-state index is 12.8. The number of nitrogens with zero attached hydrogens (tertiary/aromatic N) is 2. The van der Waals surface area contributed by atoms with Crippen LogP contribution in [0, 0.1) is 13.8 Å². The SMILES string of the molecule is COC(=O)c1c(NC(=O)c2ccc3c(c2)SC2=NS(=O)(=O)CCN23)sc(C)c1C. The third kappa shape index (κ3) is 3.53. The molecular weight excluding hydrogens is 434 g/mol. The van der Waals surface area contributed by atoms with Gasteiger partial charge in [-0.1, -0.05) is 0 Å². The highest BCUT2D eigenvalue weighted by Crippen LogP contribution is 2.42. The van der Waals surface area contributed by atoms with Gasteiger partial charge < -0.3 is 15.0 Å². The summed E-state index contributed by atoms with van der Waals surface area (Å²) in [6.45, 7) is 4.02. The molecule has 1 N–H and O–H groups in total. The van der Waals surface area contributed by atoms with Crippen molar-refractivity contribution in [1.82, 2.24) is 0 Å². The summed E-state index contributed by atoms with van der Waals surface area (Å²) in [5.41, 5.74) is 2.37. The van der Waals surface area contributed by atoms with Crippen LogP contribution in [0.4, 0.5) is 10.7 Å². The molecule has 2 aliphatic rings. The zero-order valence-electron chi connectivity index (χ0n) is 15.8. The monoisotopic (exact) mass is 451 g/mol. The van der Waals surface area contributed by atoms with Crippen LogP contribution in [0.15, 0.2) is 27.5 Å². The molecule has 0 unspecified atom stereocenters. The Labute approximate surface area is 176 Å². The van der Waals surface area contributed by atoms with Crippen molar-refractivity contribution >= 4 is 60.9 Å². The van der Waals surface area contributed by atoms with Crippen molar-refractivity contribution in [3.8, 4) is 0 Å². The third-order valence-corrected chi connectivity index (χ3v) is 8.17. The molecule has 4 rings (SSSR count). The van der Waals surface area contributed by atoms with Gasteiger partial charge in [0.15, 0.2) is 5.17 Å². The number of thiophene rings is 1. The summed E-state index contributed by atoms with van der Waals surface area (Å²) < 4.78 is 32.1. The Morgan fingerprint density at radius 1 is 1.28 bits per heavy atom. The van der Waals surface area contributed by atoms with Gasteiger partial charge in [-0.05, 0) is 49.4 Å². The van der Waals surface area contributed by atoms with Crippen molar-refractivity contribution in [1.29, 1.82) is 0 Å². The van der Waals surface area contributed by atoms with Gasteiger partial charge in [-0.2, -0.15) is 0 Å². The second-order valence-electron chi connectivity index (χ2n) is 6.53. The van der Waals surface area contributed by atoms with Crippen LogP contribution in [0.1, 0.15) is 31.2 Å². The number of esters is 1. The van der Waals surface area contributed by atoms with Crippen LogP contribution < -0.4 is 10.2 Å². The van der Waals surface area contributed by atoms with E-state index < -0.39 is 16.0 Å². The number of nitrogens with one attached hydrogen (secondary N) is 1. The van der Waals surface area contributed by atoms with E-state index in [4.69, 9.17) is 4.74 Å². The van der Waals surface area contributed by atoms with E-state index in [1.807, 2.05) is 18.7 Å². The van der Waals surface area contributed by atoms with Gasteiger partial charge in [0.1, 0.15) is 5.00 Å². The van der Waals surface area contributed by atoms with Crippen LogP contribution in [0.2, 0.25) is 0 Å². The quantitative estimate of drug-likeness (QED) is 0.715. The minimum atomic E-state index is -3.44. The summed E-state index contributed by atoms with van der Waals surface area (Å²) in [7, 11) is -2.13. The molecule has 0 saturated carbocycles. The van der Waals surface area contributed by atoms with Crippen molar-refractivity contribution in [2.75, 3.05) is 29.6 Å². The molecule has 0 bridgehead atoms. The highest BCUT2D eigenvalue weighted by molar-refractivity contribution is 8.15. The Hall–Kier alpha value is -2.37. The van der Waals surface area contributed by atoms with Gasteiger partial charge in [-0.15, -0.1) is 15.7 Å². The number of thioether (sulfide) groups is 1. The van der Waals surface area contributed by atoms with Crippen molar-refractivity contribution in [3.05, 3.63) is 39.8 Å². The molecule has 29 heavy (non-hydrogen) atoms. The van der Waals surface area contributed by atoms with Gasteiger partial charge in [-0.3, -0.25) is 4.79 Å². The van der Waals surface area contributed by atoms with E-state index in [1.165, 1.54) is 30.2 Å². The molecule has 152 valence electrons. The Morgan fingerprint density at radius 2 is 2.03 bits per heavy atom. The van der Waals surface area contributed by atoms with Crippen LogP contribution in [0.25, 0.3) is 0 Å². The van der Waals surface area contributed by atoms with Gasteiger partial charge in [0.2, 0.25) is 0 Å². The predicted molar refractivity (Wildman–Crippen MR) is 114 cm³/mol. The van der Waals surface area contributed by atoms with Crippen LogP contribution in [-0.4, -0.2) is 44.9 Å². The minimum Gasteiger partial charge on any atom is -0.465 e. The molecule has 0 saturated heterocycles. The van der Waals surface area contributed by atoms with E-state index in [1.54, 1.807) is 18.2 Å². The highest BCUT2D eigenvalue weighted by Gasteiger charge is 2.33. The molecule has 2 aromatic rings. The first-order valence-corrected chi connectivity index (χ1v) is 11.9. The zero-order valence-corrected chi connectivity index (χ0v) is 18.3. The first kappa shape index (κ1) is 19.9. The smallest absolute Gasteiger partial charge is 0.341 e. The van der Waals surface area contributed by atoms with E-state index in [0.717, 1.165) is 21.0 Å². The number of amides is 1. The van der Waals surface area contributed by atoms with Gasteiger partial charge in [0.25, 0.3) is 15.9 Å². The second kappa shape index (κ2) is 7.15. The predicted octanol–water partition coefficient (Wildman–Crippen LogP) is 3.02. The number of hydrogen-bond acceptors (Lipinski definition) is 8. The number of carbonyl (C=O) groups is 2. The lowest BCUT2D eigenvalue weighted by molar-refractivity contribution is 0.0601. The molecule has 1 aromatic heterocycles. The first-order chi connectivity index (χ1) is 13.7. The van der Waals surface area contributed by atoms with E-state index in [-0.39, 0.29) is 11.7 Å². The number of sulfonamides is 1. The fourth-order valence-electron chi connectivity index (χ4n) is 3.11. The lowest BCUT2D eigenvalue weighted by atomic mass is 10.1. The average Bonchev–Trinajstić information content (AvgIpc) is 3.15. The number of anilines is 2. The van der Waals surface area contributed by atoms with Crippen molar-refractivity contribution < 1.29 is 22.7 Å². The Balaban J connectivity index is 1.62. The number of methoxy groups -OCH3 is 1. The van der Waals surface area contributed by atoms with Crippen LogP contribution in [-0.2, 0) is 14.8 Å². The number of rotatable bonds is 3. The largest absolute Gasteiger partial charge is 0.465 e.